The van der Waals surface area contributed by atoms with Crippen molar-refractivity contribution in [2.45, 2.75) is 13.0 Å². The summed E-state index contributed by atoms with van der Waals surface area (Å²) in [4.78, 5) is 14.4. The first-order chi connectivity index (χ1) is 9.71. The molecule has 0 aliphatic rings. The van der Waals surface area contributed by atoms with Gasteiger partial charge in [-0.2, -0.15) is 0 Å². The van der Waals surface area contributed by atoms with Gasteiger partial charge in [0, 0.05) is 12.5 Å². The lowest BCUT2D eigenvalue weighted by Gasteiger charge is -2.08. The Morgan fingerprint density at radius 1 is 1.20 bits per heavy atom. The Bertz CT molecular complexity index is 584. The predicted molar refractivity (Wildman–Crippen MR) is 76.3 cm³/mol. The Morgan fingerprint density at radius 3 is 2.60 bits per heavy atom. The Hall–Kier alpha value is -2.07. The van der Waals surface area contributed by atoms with E-state index in [9.17, 15) is 4.79 Å². The first-order valence-corrected chi connectivity index (χ1v) is 6.45. The number of halogens is 1. The number of aldehydes is 1. The molecule has 0 saturated carbocycles. The fraction of sp³-hybridized carbons (Fsp3) is 0.200. The van der Waals surface area contributed by atoms with Crippen LogP contribution < -0.4 is 9.47 Å². The molecule has 0 unspecified atom stereocenters. The highest BCUT2D eigenvalue weighted by Gasteiger charge is 2.03. The number of methoxy groups -OCH3 is 1. The van der Waals surface area contributed by atoms with E-state index in [0.29, 0.717) is 24.1 Å². The average Bonchev–Trinajstić information content (AvgIpc) is 2.46. The highest BCUT2D eigenvalue weighted by molar-refractivity contribution is 6.29. The Balaban J connectivity index is 2.01. The largest absolute Gasteiger partial charge is 0.489 e. The summed E-state index contributed by atoms with van der Waals surface area (Å²) >= 11 is 5.89. The third-order valence-electron chi connectivity index (χ3n) is 2.69. The van der Waals surface area contributed by atoms with Gasteiger partial charge in [0.1, 0.15) is 23.8 Å². The number of pyridine rings is 1. The number of carbonyl (C=O) groups excluding carboxylic acids is 1. The molecule has 1 heterocycles. The van der Waals surface area contributed by atoms with Gasteiger partial charge in [-0.3, -0.25) is 0 Å². The van der Waals surface area contributed by atoms with E-state index in [1.807, 2.05) is 24.3 Å². The number of ether oxygens (including phenoxy) is 2. The van der Waals surface area contributed by atoms with Crippen LogP contribution in [0, 0.1) is 0 Å². The summed E-state index contributed by atoms with van der Waals surface area (Å²) in [7, 11) is 1.54. The van der Waals surface area contributed by atoms with Gasteiger partial charge in [-0.15, -0.1) is 0 Å². The quantitative estimate of drug-likeness (QED) is 0.606. The molecule has 0 aliphatic carbocycles. The molecular formula is C15H14ClNO3. The molecule has 0 spiro atoms. The lowest BCUT2D eigenvalue weighted by atomic mass is 10.2. The normalized spacial score (nSPS) is 10.1. The Kier molecular flexibility index (Phi) is 4.96. The molecule has 0 N–H and O–H groups in total. The molecule has 20 heavy (non-hydrogen) atoms. The van der Waals surface area contributed by atoms with Crippen molar-refractivity contribution >= 4 is 17.9 Å². The van der Waals surface area contributed by atoms with Crippen molar-refractivity contribution in [3.63, 3.8) is 0 Å². The predicted octanol–water partition coefficient (Wildman–Crippen LogP) is 3.06. The number of rotatable bonds is 6. The van der Waals surface area contributed by atoms with Crippen molar-refractivity contribution in [3.8, 4) is 11.6 Å². The van der Waals surface area contributed by atoms with Crippen molar-refractivity contribution in [1.82, 2.24) is 4.98 Å². The van der Waals surface area contributed by atoms with Crippen molar-refractivity contribution in [2.75, 3.05) is 7.11 Å². The van der Waals surface area contributed by atoms with Gasteiger partial charge in [0.25, 0.3) is 0 Å². The number of hydrogen-bond acceptors (Lipinski definition) is 4. The van der Waals surface area contributed by atoms with Gasteiger partial charge < -0.3 is 14.3 Å². The molecule has 2 aromatic rings. The molecule has 1 aromatic heterocycles. The van der Waals surface area contributed by atoms with Gasteiger partial charge in [0.05, 0.1) is 7.11 Å². The van der Waals surface area contributed by atoms with Crippen molar-refractivity contribution in [3.05, 3.63) is 52.7 Å². The van der Waals surface area contributed by atoms with Gasteiger partial charge in [-0.05, 0) is 29.3 Å². The second-order valence-electron chi connectivity index (χ2n) is 4.14. The third kappa shape index (κ3) is 3.96. The molecule has 0 bridgehead atoms. The fourth-order valence-electron chi connectivity index (χ4n) is 1.70. The summed E-state index contributed by atoms with van der Waals surface area (Å²) in [6, 6.07) is 10.9. The van der Waals surface area contributed by atoms with Crippen molar-refractivity contribution in [1.29, 1.82) is 0 Å². The lowest BCUT2D eigenvalue weighted by Crippen LogP contribution is -1.98. The molecule has 5 heteroatoms. The zero-order valence-corrected chi connectivity index (χ0v) is 11.8. The van der Waals surface area contributed by atoms with E-state index in [1.54, 1.807) is 12.1 Å². The molecule has 0 aliphatic heterocycles. The second-order valence-corrected chi connectivity index (χ2v) is 4.53. The van der Waals surface area contributed by atoms with E-state index < -0.39 is 0 Å². The van der Waals surface area contributed by atoms with E-state index in [4.69, 9.17) is 21.1 Å². The summed E-state index contributed by atoms with van der Waals surface area (Å²) in [5, 5.41) is 0.365. The maximum Gasteiger partial charge on any atom is 0.214 e. The number of hydrogen-bond donors (Lipinski definition) is 0. The molecular weight excluding hydrogens is 278 g/mol. The van der Waals surface area contributed by atoms with Crippen LogP contribution in [0.4, 0.5) is 0 Å². The summed E-state index contributed by atoms with van der Waals surface area (Å²) in [6.07, 6.45) is 1.29. The minimum absolute atomic E-state index is 0.365. The third-order valence-corrected chi connectivity index (χ3v) is 2.88. The van der Waals surface area contributed by atoms with Crippen LogP contribution in [0.5, 0.6) is 11.6 Å². The molecule has 4 nitrogen and oxygen atoms in total. The summed E-state index contributed by atoms with van der Waals surface area (Å²) in [6.45, 7) is 0.367. The SMILES string of the molecule is COc1cc(COc2ccc(CC=O)cc2)cc(Cl)n1. The number of aromatic nitrogens is 1. The lowest BCUT2D eigenvalue weighted by molar-refractivity contribution is -0.107. The van der Waals surface area contributed by atoms with Gasteiger partial charge >= 0.3 is 0 Å². The zero-order chi connectivity index (χ0) is 14.4. The van der Waals surface area contributed by atoms with Gasteiger partial charge in [-0.25, -0.2) is 4.98 Å². The Labute approximate surface area is 122 Å². The Morgan fingerprint density at radius 2 is 1.95 bits per heavy atom. The first kappa shape index (κ1) is 14.3. The van der Waals surface area contributed by atoms with E-state index in [1.165, 1.54) is 7.11 Å². The first-order valence-electron chi connectivity index (χ1n) is 6.07. The molecule has 104 valence electrons. The van der Waals surface area contributed by atoms with Crippen LogP contribution >= 0.6 is 11.6 Å². The monoisotopic (exact) mass is 291 g/mol. The molecule has 0 atom stereocenters. The van der Waals surface area contributed by atoms with E-state index in [0.717, 1.165) is 23.2 Å². The molecule has 0 saturated heterocycles. The van der Waals surface area contributed by atoms with Gasteiger partial charge in [-0.1, -0.05) is 23.7 Å². The maximum atomic E-state index is 10.4. The number of nitrogens with zero attached hydrogens (tertiary/aromatic N) is 1. The van der Waals surface area contributed by atoms with E-state index in [2.05, 4.69) is 4.98 Å². The van der Waals surface area contributed by atoms with Crippen LogP contribution in [-0.4, -0.2) is 18.4 Å². The van der Waals surface area contributed by atoms with Crippen LogP contribution in [0.15, 0.2) is 36.4 Å². The highest BCUT2D eigenvalue weighted by atomic mass is 35.5. The van der Waals surface area contributed by atoms with Crippen LogP contribution in [0.2, 0.25) is 5.15 Å². The van der Waals surface area contributed by atoms with Crippen LogP contribution in [0.1, 0.15) is 11.1 Å². The zero-order valence-electron chi connectivity index (χ0n) is 11.0. The number of carbonyl (C=O) groups is 1. The maximum absolute atomic E-state index is 10.4. The average molecular weight is 292 g/mol. The molecule has 1 aromatic carbocycles. The van der Waals surface area contributed by atoms with Crippen LogP contribution in [0.25, 0.3) is 0 Å². The smallest absolute Gasteiger partial charge is 0.214 e. The van der Waals surface area contributed by atoms with E-state index in [-0.39, 0.29) is 0 Å². The summed E-state index contributed by atoms with van der Waals surface area (Å²) < 4.78 is 10.7. The standard InChI is InChI=1S/C15H14ClNO3/c1-19-15-9-12(8-14(16)17-15)10-20-13-4-2-11(3-5-13)6-7-18/h2-5,7-9H,6,10H2,1H3. The fourth-order valence-corrected chi connectivity index (χ4v) is 1.92. The minimum Gasteiger partial charge on any atom is -0.489 e. The molecule has 2 rings (SSSR count). The molecule has 0 radical (unpaired) electrons. The second kappa shape index (κ2) is 6.91. The summed E-state index contributed by atoms with van der Waals surface area (Å²) in [5.74, 6) is 1.18. The van der Waals surface area contributed by atoms with Gasteiger partial charge in [0.2, 0.25) is 5.88 Å². The van der Waals surface area contributed by atoms with Gasteiger partial charge in [0.15, 0.2) is 0 Å². The highest BCUT2D eigenvalue weighted by Crippen LogP contribution is 2.19. The molecule has 0 fully saturated rings. The summed E-state index contributed by atoms with van der Waals surface area (Å²) in [5.41, 5.74) is 1.83. The minimum atomic E-state index is 0.365. The molecule has 0 amide bonds. The van der Waals surface area contributed by atoms with Crippen molar-refractivity contribution < 1.29 is 14.3 Å². The van der Waals surface area contributed by atoms with E-state index >= 15 is 0 Å². The van der Waals surface area contributed by atoms with Crippen LogP contribution in [-0.2, 0) is 17.8 Å². The number of benzene rings is 1. The van der Waals surface area contributed by atoms with Crippen LogP contribution in [0.3, 0.4) is 0 Å². The van der Waals surface area contributed by atoms with Crippen molar-refractivity contribution in [2.24, 2.45) is 0 Å². The topological polar surface area (TPSA) is 48.4 Å².